The van der Waals surface area contributed by atoms with Crippen LogP contribution in [0.5, 0.6) is 0 Å². The van der Waals surface area contributed by atoms with Crippen LogP contribution in [0.25, 0.3) is 0 Å². The molecule has 0 aliphatic heterocycles. The first kappa shape index (κ1) is 15.8. The molecule has 0 aliphatic carbocycles. The minimum absolute atomic E-state index is 0.0241. The fraction of sp³-hybridized carbons (Fsp3) is 1.00. The van der Waals surface area contributed by atoms with Crippen LogP contribution in [0, 0.1) is 0 Å². The summed E-state index contributed by atoms with van der Waals surface area (Å²) in [4.78, 5) is 0. The molecule has 98 valence electrons. The van der Waals surface area contributed by atoms with Gasteiger partial charge in [0, 0.05) is 32.3 Å². The molecule has 0 atom stereocenters. The highest BCUT2D eigenvalue weighted by atomic mass is 32.2. The largest absolute Gasteiger partial charge is 0.396 e. The first-order valence-electron chi connectivity index (χ1n) is 5.76. The van der Waals surface area contributed by atoms with E-state index in [0.29, 0.717) is 32.1 Å². The summed E-state index contributed by atoms with van der Waals surface area (Å²) in [5, 5.41) is 11.8. The minimum atomic E-state index is -3.18. The Morgan fingerprint density at radius 1 is 1.38 bits per heavy atom. The molecule has 0 spiro atoms. The molecule has 0 amide bonds. The maximum Gasteiger partial charge on any atom is 0.215 e. The molecule has 6 heteroatoms. The number of aliphatic hydroxyl groups is 1. The fourth-order valence-electron chi connectivity index (χ4n) is 1.35. The second-order valence-electron chi connectivity index (χ2n) is 3.99. The van der Waals surface area contributed by atoms with E-state index in [4.69, 9.17) is 5.11 Å². The van der Waals surface area contributed by atoms with Crippen LogP contribution in [0.1, 0.15) is 27.2 Å². The van der Waals surface area contributed by atoms with Crippen molar-refractivity contribution in [3.63, 3.8) is 0 Å². The molecule has 0 aromatic rings. The van der Waals surface area contributed by atoms with E-state index in [0.717, 1.165) is 0 Å². The zero-order chi connectivity index (χ0) is 12.6. The lowest BCUT2D eigenvalue weighted by Crippen LogP contribution is -2.38. The van der Waals surface area contributed by atoms with Gasteiger partial charge >= 0.3 is 0 Å². The molecule has 0 radical (unpaired) electrons. The molecular weight excluding hydrogens is 228 g/mol. The number of aliphatic hydroxyl groups excluding tert-OH is 1. The van der Waals surface area contributed by atoms with E-state index in [-0.39, 0.29) is 12.4 Å². The second kappa shape index (κ2) is 8.00. The molecule has 0 aromatic heterocycles. The highest BCUT2D eigenvalue weighted by molar-refractivity contribution is 7.89. The number of rotatable bonds is 9. The molecule has 5 nitrogen and oxygen atoms in total. The number of hydrogen-bond donors (Lipinski definition) is 2. The van der Waals surface area contributed by atoms with Crippen LogP contribution in [0.15, 0.2) is 0 Å². The van der Waals surface area contributed by atoms with Crippen LogP contribution in [0.3, 0.4) is 0 Å². The smallest absolute Gasteiger partial charge is 0.215 e. The van der Waals surface area contributed by atoms with Crippen LogP contribution in [-0.4, -0.2) is 55.9 Å². The van der Waals surface area contributed by atoms with Gasteiger partial charge in [0.15, 0.2) is 0 Å². The van der Waals surface area contributed by atoms with E-state index in [1.165, 1.54) is 4.31 Å². The summed E-state index contributed by atoms with van der Waals surface area (Å²) in [6.45, 7) is 7.13. The molecule has 0 rings (SSSR count). The Bertz CT molecular complexity index is 265. The van der Waals surface area contributed by atoms with Crippen molar-refractivity contribution in [3.05, 3.63) is 0 Å². The summed E-state index contributed by atoms with van der Waals surface area (Å²) in [7, 11) is -3.18. The topological polar surface area (TPSA) is 69.6 Å². The summed E-state index contributed by atoms with van der Waals surface area (Å²) in [6.07, 6.45) is 0.491. The molecule has 0 saturated heterocycles. The normalized spacial score (nSPS) is 12.6. The number of nitrogens with zero attached hydrogens (tertiary/aromatic N) is 1. The number of hydrogen-bond acceptors (Lipinski definition) is 4. The summed E-state index contributed by atoms with van der Waals surface area (Å²) >= 11 is 0. The Kier molecular flexibility index (Phi) is 7.91. The number of nitrogens with one attached hydrogen (secondary N) is 1. The summed E-state index contributed by atoms with van der Waals surface area (Å²) in [5.74, 6) is 0.116. The third-order valence-corrected chi connectivity index (χ3v) is 4.17. The van der Waals surface area contributed by atoms with Crippen molar-refractivity contribution in [2.24, 2.45) is 0 Å². The Balaban J connectivity index is 4.15. The minimum Gasteiger partial charge on any atom is -0.396 e. The van der Waals surface area contributed by atoms with Gasteiger partial charge in [-0.3, -0.25) is 0 Å². The van der Waals surface area contributed by atoms with E-state index < -0.39 is 10.0 Å². The highest BCUT2D eigenvalue weighted by Crippen LogP contribution is 2.02. The first-order chi connectivity index (χ1) is 7.44. The van der Waals surface area contributed by atoms with Gasteiger partial charge in [0.1, 0.15) is 0 Å². The first-order valence-corrected chi connectivity index (χ1v) is 7.37. The second-order valence-corrected chi connectivity index (χ2v) is 6.08. The maximum atomic E-state index is 11.9. The molecule has 2 N–H and O–H groups in total. The van der Waals surface area contributed by atoms with Crippen LogP contribution < -0.4 is 5.32 Å². The average Bonchev–Trinajstić information content (AvgIpc) is 2.17. The van der Waals surface area contributed by atoms with Gasteiger partial charge in [-0.2, -0.15) is 0 Å². The fourth-order valence-corrected chi connectivity index (χ4v) is 2.78. The number of sulfonamides is 1. The summed E-state index contributed by atoms with van der Waals surface area (Å²) < 4.78 is 25.1. The van der Waals surface area contributed by atoms with Crippen molar-refractivity contribution in [1.82, 2.24) is 9.62 Å². The van der Waals surface area contributed by atoms with Crippen LogP contribution in [-0.2, 0) is 10.0 Å². The van der Waals surface area contributed by atoms with Gasteiger partial charge in [0.25, 0.3) is 0 Å². The van der Waals surface area contributed by atoms with E-state index in [2.05, 4.69) is 5.32 Å². The van der Waals surface area contributed by atoms with Crippen molar-refractivity contribution in [3.8, 4) is 0 Å². The van der Waals surface area contributed by atoms with Crippen molar-refractivity contribution in [1.29, 1.82) is 0 Å². The van der Waals surface area contributed by atoms with Crippen molar-refractivity contribution >= 4 is 10.0 Å². The van der Waals surface area contributed by atoms with Gasteiger partial charge in [0.05, 0.1) is 5.75 Å². The Morgan fingerprint density at radius 3 is 2.44 bits per heavy atom. The van der Waals surface area contributed by atoms with Crippen LogP contribution >= 0.6 is 0 Å². The molecule has 0 fully saturated rings. The van der Waals surface area contributed by atoms with E-state index in [1.807, 2.05) is 20.8 Å². The predicted octanol–water partition coefficient (Wildman–Crippen LogP) is 0.0185. The van der Waals surface area contributed by atoms with E-state index in [9.17, 15) is 8.42 Å². The summed E-state index contributed by atoms with van der Waals surface area (Å²) in [6, 6.07) is 0.294. The van der Waals surface area contributed by atoms with Crippen LogP contribution in [0.2, 0.25) is 0 Å². The standard InChI is InChI=1S/C10H24N2O3S/c1-4-12(7-5-8-13)16(14,15)9-6-11-10(2)3/h10-11,13H,4-9H2,1-3H3. The molecule has 16 heavy (non-hydrogen) atoms. The average molecular weight is 252 g/mol. The zero-order valence-corrected chi connectivity index (χ0v) is 11.3. The third-order valence-electron chi connectivity index (χ3n) is 2.22. The Morgan fingerprint density at radius 2 is 2.00 bits per heavy atom. The third kappa shape index (κ3) is 6.42. The molecule has 0 unspecified atom stereocenters. The molecule has 0 aliphatic rings. The van der Waals surface area contributed by atoms with E-state index >= 15 is 0 Å². The molecule has 0 saturated carbocycles. The maximum absolute atomic E-state index is 11.9. The predicted molar refractivity (Wildman–Crippen MR) is 65.9 cm³/mol. The van der Waals surface area contributed by atoms with Gasteiger partial charge in [-0.1, -0.05) is 20.8 Å². The molecule has 0 aromatic carbocycles. The monoisotopic (exact) mass is 252 g/mol. The lowest BCUT2D eigenvalue weighted by atomic mass is 10.4. The lowest BCUT2D eigenvalue weighted by molar-refractivity contribution is 0.271. The van der Waals surface area contributed by atoms with E-state index in [1.54, 1.807) is 0 Å². The molecule has 0 heterocycles. The summed E-state index contributed by atoms with van der Waals surface area (Å²) in [5.41, 5.74) is 0. The van der Waals surface area contributed by atoms with Gasteiger partial charge < -0.3 is 10.4 Å². The van der Waals surface area contributed by atoms with Gasteiger partial charge in [-0.05, 0) is 6.42 Å². The quantitative estimate of drug-likeness (QED) is 0.607. The SMILES string of the molecule is CCN(CCCO)S(=O)(=O)CCNC(C)C. The Hall–Kier alpha value is -0.170. The van der Waals surface area contributed by atoms with Crippen LogP contribution in [0.4, 0.5) is 0 Å². The van der Waals surface area contributed by atoms with Crippen molar-refractivity contribution < 1.29 is 13.5 Å². The van der Waals surface area contributed by atoms with Crippen molar-refractivity contribution in [2.75, 3.05) is 32.0 Å². The van der Waals surface area contributed by atoms with Crippen molar-refractivity contribution in [2.45, 2.75) is 33.2 Å². The highest BCUT2D eigenvalue weighted by Gasteiger charge is 2.19. The van der Waals surface area contributed by atoms with Gasteiger partial charge in [-0.25, -0.2) is 12.7 Å². The lowest BCUT2D eigenvalue weighted by Gasteiger charge is -2.20. The zero-order valence-electron chi connectivity index (χ0n) is 10.4. The molecular formula is C10H24N2O3S. The van der Waals surface area contributed by atoms with Gasteiger partial charge in [0.2, 0.25) is 10.0 Å². The van der Waals surface area contributed by atoms with Gasteiger partial charge in [-0.15, -0.1) is 0 Å². The molecule has 0 bridgehead atoms. The Labute approximate surface area is 98.9 Å².